The van der Waals surface area contributed by atoms with Crippen molar-refractivity contribution in [2.45, 2.75) is 31.4 Å². The number of rotatable bonds is 7. The first-order valence-corrected chi connectivity index (χ1v) is 10.5. The summed E-state index contributed by atoms with van der Waals surface area (Å²) in [6.07, 6.45) is 1.42. The molecule has 1 unspecified atom stereocenters. The monoisotopic (exact) mass is 420 g/mol. The molecule has 152 valence electrons. The molecule has 1 aromatic heterocycles. The van der Waals surface area contributed by atoms with Gasteiger partial charge in [-0.15, -0.1) is 0 Å². The molecule has 0 spiro atoms. The number of hydrogen-bond donors (Lipinski definition) is 1. The second-order valence-corrected chi connectivity index (χ2v) is 8.29. The van der Waals surface area contributed by atoms with Gasteiger partial charge in [0.15, 0.2) is 5.78 Å². The maximum Gasteiger partial charge on any atom is 0.286 e. The average Bonchev–Trinajstić information content (AvgIpc) is 3.29. The Morgan fingerprint density at radius 1 is 1.07 bits per heavy atom. The Kier molecular flexibility index (Phi) is 5.81. The Labute approximate surface area is 178 Å². The Balaban J connectivity index is 1.36. The number of carbonyl (C=O) groups is 3. The number of aryl methyl sites for hydroxylation is 2. The summed E-state index contributed by atoms with van der Waals surface area (Å²) < 4.78 is 5.68. The minimum absolute atomic E-state index is 0.0555. The fraction of sp³-hybridized carbons (Fsp3) is 0.217. The lowest BCUT2D eigenvalue weighted by molar-refractivity contribution is -0.118. The van der Waals surface area contributed by atoms with Crippen LogP contribution >= 0.6 is 11.8 Å². The summed E-state index contributed by atoms with van der Waals surface area (Å²) in [5.74, 6) is 0.682. The van der Waals surface area contributed by atoms with Gasteiger partial charge in [-0.1, -0.05) is 54.2 Å². The highest BCUT2D eigenvalue weighted by Gasteiger charge is 2.31. The smallest absolute Gasteiger partial charge is 0.286 e. The molecule has 2 aromatic carbocycles. The number of amides is 2. The van der Waals surface area contributed by atoms with Gasteiger partial charge in [0.1, 0.15) is 11.5 Å². The summed E-state index contributed by atoms with van der Waals surface area (Å²) in [7, 11) is 0. The van der Waals surface area contributed by atoms with Crippen LogP contribution in [0.1, 0.15) is 33.8 Å². The lowest BCUT2D eigenvalue weighted by atomic mass is 10.0. The highest BCUT2D eigenvalue weighted by atomic mass is 32.2. The predicted molar refractivity (Wildman–Crippen MR) is 114 cm³/mol. The number of aromatic nitrogens is 1. The summed E-state index contributed by atoms with van der Waals surface area (Å²) >= 11 is 1.03. The van der Waals surface area contributed by atoms with E-state index in [2.05, 4.69) is 10.3 Å². The summed E-state index contributed by atoms with van der Waals surface area (Å²) in [5.41, 5.74) is 3.22. The van der Waals surface area contributed by atoms with Crippen molar-refractivity contribution in [1.82, 2.24) is 10.3 Å². The second-order valence-electron chi connectivity index (χ2n) is 7.12. The number of nitrogens with one attached hydrogen (secondary N) is 1. The van der Waals surface area contributed by atoms with Crippen molar-refractivity contribution in [3.63, 3.8) is 0 Å². The minimum Gasteiger partial charge on any atom is -0.441 e. The van der Waals surface area contributed by atoms with Crippen molar-refractivity contribution in [3.8, 4) is 11.5 Å². The maximum atomic E-state index is 12.6. The first-order valence-electron chi connectivity index (χ1n) is 9.65. The third kappa shape index (κ3) is 4.52. The minimum atomic E-state index is -0.376. The van der Waals surface area contributed by atoms with Gasteiger partial charge in [-0.25, -0.2) is 4.98 Å². The lowest BCUT2D eigenvalue weighted by Crippen LogP contribution is -2.25. The van der Waals surface area contributed by atoms with E-state index in [1.165, 1.54) is 0 Å². The molecule has 6 nitrogen and oxygen atoms in total. The summed E-state index contributed by atoms with van der Waals surface area (Å²) in [6.45, 7) is 1.75. The molecule has 1 atom stereocenters. The molecule has 0 aliphatic carbocycles. The van der Waals surface area contributed by atoms with Crippen LogP contribution in [-0.2, 0) is 17.6 Å². The molecule has 1 N–H and O–H groups in total. The Hall–Kier alpha value is -3.19. The van der Waals surface area contributed by atoms with Crippen molar-refractivity contribution < 1.29 is 18.8 Å². The molecule has 2 amide bonds. The molecule has 30 heavy (non-hydrogen) atoms. The van der Waals surface area contributed by atoms with Gasteiger partial charge >= 0.3 is 0 Å². The first-order chi connectivity index (χ1) is 14.5. The first kappa shape index (κ1) is 20.1. The molecular formula is C23H20N2O4S. The number of benzene rings is 2. The number of ketones is 1. The van der Waals surface area contributed by atoms with E-state index in [1.807, 2.05) is 54.6 Å². The van der Waals surface area contributed by atoms with E-state index in [9.17, 15) is 14.4 Å². The van der Waals surface area contributed by atoms with Gasteiger partial charge in [-0.3, -0.25) is 19.7 Å². The van der Waals surface area contributed by atoms with Gasteiger partial charge in [0.2, 0.25) is 11.8 Å². The predicted octanol–water partition coefficient (Wildman–Crippen LogP) is 4.36. The highest BCUT2D eigenvalue weighted by Crippen LogP contribution is 2.24. The van der Waals surface area contributed by atoms with Crippen LogP contribution in [0.15, 0.2) is 59.0 Å². The Bertz CT molecular complexity index is 1090. The van der Waals surface area contributed by atoms with E-state index in [0.29, 0.717) is 36.6 Å². The molecule has 1 fully saturated rings. The summed E-state index contributed by atoms with van der Waals surface area (Å²) in [5, 5.41) is 1.63. The van der Waals surface area contributed by atoms with Crippen LogP contribution in [0.2, 0.25) is 0 Å². The van der Waals surface area contributed by atoms with Crippen molar-refractivity contribution >= 4 is 28.7 Å². The molecule has 3 aromatic rings. The van der Waals surface area contributed by atoms with E-state index < -0.39 is 0 Å². The summed E-state index contributed by atoms with van der Waals surface area (Å²) in [6, 6.07) is 17.3. The van der Waals surface area contributed by atoms with Crippen molar-refractivity contribution in [2.75, 3.05) is 0 Å². The number of nitrogens with zero attached hydrogens (tertiary/aromatic N) is 1. The molecule has 0 radical (unpaired) electrons. The molecular weight excluding hydrogens is 400 g/mol. The molecule has 1 saturated heterocycles. The molecule has 1 aliphatic heterocycles. The van der Waals surface area contributed by atoms with Crippen LogP contribution in [0.4, 0.5) is 4.79 Å². The summed E-state index contributed by atoms with van der Waals surface area (Å²) in [4.78, 5) is 40.0. The Morgan fingerprint density at radius 2 is 1.77 bits per heavy atom. The van der Waals surface area contributed by atoms with Crippen LogP contribution in [0.3, 0.4) is 0 Å². The van der Waals surface area contributed by atoms with Gasteiger partial charge in [0.25, 0.3) is 5.24 Å². The van der Waals surface area contributed by atoms with E-state index in [-0.39, 0.29) is 22.2 Å². The van der Waals surface area contributed by atoms with Crippen molar-refractivity contribution in [3.05, 3.63) is 77.2 Å². The lowest BCUT2D eigenvalue weighted by Gasteiger charge is -2.06. The van der Waals surface area contributed by atoms with Gasteiger partial charge < -0.3 is 4.42 Å². The normalized spacial score (nSPS) is 16.0. The standard InChI is InChI=1S/C23H20N2O4S/c1-14-20(24-22(29-14)17-5-3-2-4-6-17)18(26)12-11-15-7-9-16(10-8-15)13-19-21(27)25-23(28)30-19/h2-10,19H,11-13H2,1H3,(H,25,27,28). The number of carbonyl (C=O) groups excluding carboxylic acids is 3. The Morgan fingerprint density at radius 3 is 2.43 bits per heavy atom. The van der Waals surface area contributed by atoms with Crippen LogP contribution in [0, 0.1) is 6.92 Å². The zero-order valence-corrected chi connectivity index (χ0v) is 17.2. The van der Waals surface area contributed by atoms with Crippen LogP contribution < -0.4 is 5.32 Å². The topological polar surface area (TPSA) is 89.3 Å². The van der Waals surface area contributed by atoms with E-state index in [0.717, 1.165) is 28.5 Å². The molecule has 2 heterocycles. The fourth-order valence-electron chi connectivity index (χ4n) is 3.32. The quantitative estimate of drug-likeness (QED) is 0.571. The molecule has 0 bridgehead atoms. The SMILES string of the molecule is Cc1oc(-c2ccccc2)nc1C(=O)CCc1ccc(CC2SC(=O)NC2=O)cc1. The van der Waals surface area contributed by atoms with Gasteiger partial charge in [-0.2, -0.15) is 0 Å². The number of thioether (sulfide) groups is 1. The zero-order chi connectivity index (χ0) is 21.1. The van der Waals surface area contributed by atoms with E-state index in [1.54, 1.807) is 6.92 Å². The fourth-order valence-corrected chi connectivity index (χ4v) is 4.18. The van der Waals surface area contributed by atoms with Crippen LogP contribution in [0.5, 0.6) is 0 Å². The van der Waals surface area contributed by atoms with Crippen molar-refractivity contribution in [2.24, 2.45) is 0 Å². The van der Waals surface area contributed by atoms with Gasteiger partial charge in [0.05, 0.1) is 5.25 Å². The van der Waals surface area contributed by atoms with Crippen LogP contribution in [-0.4, -0.2) is 27.2 Å². The van der Waals surface area contributed by atoms with Crippen molar-refractivity contribution in [1.29, 1.82) is 0 Å². The largest absolute Gasteiger partial charge is 0.441 e. The molecule has 4 rings (SSSR count). The molecule has 1 aliphatic rings. The highest BCUT2D eigenvalue weighted by molar-refractivity contribution is 8.15. The number of hydrogen-bond acceptors (Lipinski definition) is 6. The number of imide groups is 1. The molecule has 7 heteroatoms. The van der Waals surface area contributed by atoms with E-state index >= 15 is 0 Å². The third-order valence-corrected chi connectivity index (χ3v) is 5.91. The maximum absolute atomic E-state index is 12.6. The van der Waals surface area contributed by atoms with Gasteiger partial charge in [-0.05, 0) is 43.0 Å². The molecule has 0 saturated carbocycles. The van der Waals surface area contributed by atoms with Gasteiger partial charge in [0, 0.05) is 12.0 Å². The van der Waals surface area contributed by atoms with E-state index in [4.69, 9.17) is 4.42 Å². The zero-order valence-electron chi connectivity index (χ0n) is 16.4. The number of oxazole rings is 1. The average molecular weight is 420 g/mol. The number of Topliss-reactive ketones (excluding diaryl/α,β-unsaturated/α-hetero) is 1. The second kappa shape index (κ2) is 8.67. The third-order valence-electron chi connectivity index (χ3n) is 4.93. The van der Waals surface area contributed by atoms with Crippen LogP contribution in [0.25, 0.3) is 11.5 Å².